The maximum atomic E-state index is 12.3. The first-order valence-electron chi connectivity index (χ1n) is 19.7. The molecular weight excluding hydrogens is 526 g/mol. The molecule has 0 aromatic heterocycles. The third kappa shape index (κ3) is 33.9. The van der Waals surface area contributed by atoms with Crippen LogP contribution in [-0.2, 0) is 4.79 Å². The van der Waals surface area contributed by atoms with Crippen LogP contribution in [0.2, 0.25) is 0 Å². The van der Waals surface area contributed by atoms with Gasteiger partial charge in [-0.05, 0) is 39.0 Å². The molecule has 1 amide bonds. The molecule has 0 aromatic rings. The molecule has 0 radical (unpaired) electrons. The minimum atomic E-state index is -0.421. The van der Waals surface area contributed by atoms with E-state index >= 15 is 0 Å². The number of hydrogen-bond acceptors (Lipinski definition) is 2. The van der Waals surface area contributed by atoms with Crippen LogP contribution in [0.4, 0.5) is 0 Å². The summed E-state index contributed by atoms with van der Waals surface area (Å²) in [4.78, 5) is 12.3. The molecule has 0 bridgehead atoms. The highest BCUT2D eigenvalue weighted by molar-refractivity contribution is 5.76. The minimum absolute atomic E-state index is 0.111. The van der Waals surface area contributed by atoms with Gasteiger partial charge in [-0.2, -0.15) is 0 Å². The van der Waals surface area contributed by atoms with Gasteiger partial charge in [0.25, 0.3) is 0 Å². The Morgan fingerprint density at radius 1 is 0.512 bits per heavy atom. The van der Waals surface area contributed by atoms with Gasteiger partial charge in [0.2, 0.25) is 5.91 Å². The standard InChI is InChI=1S/C40H79NO2/c1-4-6-8-10-12-14-16-18-19-20-21-22-23-25-27-29-31-33-35-37-40(43)41-38(3)39(42)36-34-32-30-28-26-24-17-15-13-11-9-7-5-2/h9,11,38-39,42H,4-8,10,12-37H2,1-3H3,(H,41,43)/b11-9-/t38-,39+/m0/s1. The zero-order chi connectivity index (χ0) is 31.5. The molecule has 0 rings (SSSR count). The fraction of sp³-hybridized carbons (Fsp3) is 0.925. The van der Waals surface area contributed by atoms with E-state index in [1.165, 1.54) is 173 Å². The maximum Gasteiger partial charge on any atom is 0.220 e. The number of carbonyl (C=O) groups is 1. The predicted octanol–water partition coefficient (Wildman–Crippen LogP) is 12.9. The van der Waals surface area contributed by atoms with Gasteiger partial charge in [0, 0.05) is 6.42 Å². The molecule has 0 aliphatic rings. The highest BCUT2D eigenvalue weighted by Gasteiger charge is 2.15. The van der Waals surface area contributed by atoms with Gasteiger partial charge in [-0.25, -0.2) is 0 Å². The summed E-state index contributed by atoms with van der Waals surface area (Å²) in [6.45, 7) is 6.48. The summed E-state index contributed by atoms with van der Waals surface area (Å²) in [7, 11) is 0. The lowest BCUT2D eigenvalue weighted by Gasteiger charge is -2.20. The van der Waals surface area contributed by atoms with Crippen LogP contribution in [0.3, 0.4) is 0 Å². The molecule has 0 aromatic carbocycles. The Morgan fingerprint density at radius 3 is 1.33 bits per heavy atom. The van der Waals surface area contributed by atoms with Gasteiger partial charge < -0.3 is 10.4 Å². The van der Waals surface area contributed by atoms with E-state index in [0.29, 0.717) is 6.42 Å². The summed E-state index contributed by atoms with van der Waals surface area (Å²) in [5, 5.41) is 13.5. The molecule has 0 saturated heterocycles. The molecule has 3 heteroatoms. The van der Waals surface area contributed by atoms with Crippen molar-refractivity contribution in [3.8, 4) is 0 Å². The molecule has 43 heavy (non-hydrogen) atoms. The number of unbranched alkanes of at least 4 members (excludes halogenated alkanes) is 27. The number of aliphatic hydroxyl groups is 1. The average molecular weight is 606 g/mol. The van der Waals surface area contributed by atoms with Crippen molar-refractivity contribution in [3.05, 3.63) is 12.2 Å². The Bertz CT molecular complexity index is 575. The van der Waals surface area contributed by atoms with Gasteiger partial charge in [-0.3, -0.25) is 4.79 Å². The number of aliphatic hydroxyl groups excluding tert-OH is 1. The van der Waals surface area contributed by atoms with Crippen LogP contribution >= 0.6 is 0 Å². The first-order valence-corrected chi connectivity index (χ1v) is 19.7. The Labute approximate surface area is 271 Å². The van der Waals surface area contributed by atoms with E-state index in [0.717, 1.165) is 25.7 Å². The smallest absolute Gasteiger partial charge is 0.220 e. The van der Waals surface area contributed by atoms with Crippen molar-refractivity contribution >= 4 is 5.91 Å². The average Bonchev–Trinajstić information content (AvgIpc) is 3.00. The summed E-state index contributed by atoms with van der Waals surface area (Å²) in [5.74, 6) is 0.111. The predicted molar refractivity (Wildman–Crippen MR) is 192 cm³/mol. The molecule has 2 atom stereocenters. The lowest BCUT2D eigenvalue weighted by atomic mass is 10.0. The summed E-state index contributed by atoms with van der Waals surface area (Å²) in [5.41, 5.74) is 0. The van der Waals surface area contributed by atoms with Gasteiger partial charge in [-0.1, -0.05) is 193 Å². The first kappa shape index (κ1) is 42.2. The van der Waals surface area contributed by atoms with Crippen molar-refractivity contribution in [3.63, 3.8) is 0 Å². The largest absolute Gasteiger partial charge is 0.391 e. The third-order valence-corrected chi connectivity index (χ3v) is 9.22. The SMILES string of the molecule is CCC/C=C\CCCCCCCCCC[C@@H](O)[C@H](C)NC(=O)CCCCCCCCCCCCCCCCCCCCC. The molecule has 0 saturated carbocycles. The molecule has 0 fully saturated rings. The molecule has 0 heterocycles. The summed E-state index contributed by atoms with van der Waals surface area (Å²) < 4.78 is 0. The van der Waals surface area contributed by atoms with Crippen molar-refractivity contribution in [2.45, 2.75) is 238 Å². The van der Waals surface area contributed by atoms with Crippen molar-refractivity contribution in [1.29, 1.82) is 0 Å². The molecule has 256 valence electrons. The molecule has 3 nitrogen and oxygen atoms in total. The van der Waals surface area contributed by atoms with E-state index in [1.807, 2.05) is 6.92 Å². The quantitative estimate of drug-likeness (QED) is 0.0557. The Balaban J connectivity index is 3.39. The van der Waals surface area contributed by atoms with Crippen LogP contribution in [0, 0.1) is 0 Å². The van der Waals surface area contributed by atoms with Crippen molar-refractivity contribution in [2.75, 3.05) is 0 Å². The van der Waals surface area contributed by atoms with Crippen LogP contribution < -0.4 is 5.32 Å². The van der Waals surface area contributed by atoms with Crippen LogP contribution in [0.25, 0.3) is 0 Å². The molecule has 2 N–H and O–H groups in total. The van der Waals surface area contributed by atoms with Crippen molar-refractivity contribution in [2.24, 2.45) is 0 Å². The number of hydrogen-bond donors (Lipinski definition) is 2. The van der Waals surface area contributed by atoms with Crippen molar-refractivity contribution < 1.29 is 9.90 Å². The molecule has 0 spiro atoms. The van der Waals surface area contributed by atoms with E-state index in [9.17, 15) is 9.90 Å². The normalized spacial score (nSPS) is 13.1. The van der Waals surface area contributed by atoms with E-state index in [4.69, 9.17) is 0 Å². The Morgan fingerprint density at radius 2 is 0.884 bits per heavy atom. The maximum absolute atomic E-state index is 12.3. The summed E-state index contributed by atoms with van der Waals surface area (Å²) in [6, 6.07) is -0.140. The highest BCUT2D eigenvalue weighted by atomic mass is 16.3. The summed E-state index contributed by atoms with van der Waals surface area (Å²) >= 11 is 0. The lowest BCUT2D eigenvalue weighted by Crippen LogP contribution is -2.41. The number of allylic oxidation sites excluding steroid dienone is 2. The molecular formula is C40H79NO2. The van der Waals surface area contributed by atoms with Crippen LogP contribution in [0.15, 0.2) is 12.2 Å². The van der Waals surface area contributed by atoms with Crippen LogP contribution in [-0.4, -0.2) is 23.2 Å². The van der Waals surface area contributed by atoms with Crippen molar-refractivity contribution in [1.82, 2.24) is 5.32 Å². The fourth-order valence-electron chi connectivity index (χ4n) is 6.11. The van der Waals surface area contributed by atoms with Gasteiger partial charge in [0.15, 0.2) is 0 Å². The lowest BCUT2D eigenvalue weighted by molar-refractivity contribution is -0.122. The second-order valence-electron chi connectivity index (χ2n) is 13.7. The monoisotopic (exact) mass is 606 g/mol. The third-order valence-electron chi connectivity index (χ3n) is 9.22. The second-order valence-corrected chi connectivity index (χ2v) is 13.7. The first-order chi connectivity index (χ1) is 21.1. The number of nitrogens with one attached hydrogen (secondary N) is 1. The highest BCUT2D eigenvalue weighted by Crippen LogP contribution is 2.16. The van der Waals surface area contributed by atoms with E-state index in [-0.39, 0.29) is 11.9 Å². The summed E-state index contributed by atoms with van der Waals surface area (Å²) in [6.07, 6.45) is 45.6. The fourth-order valence-corrected chi connectivity index (χ4v) is 6.11. The molecule has 0 aliphatic heterocycles. The van der Waals surface area contributed by atoms with E-state index in [1.54, 1.807) is 0 Å². The zero-order valence-electron chi connectivity index (χ0n) is 29.8. The van der Waals surface area contributed by atoms with Gasteiger partial charge >= 0.3 is 0 Å². The van der Waals surface area contributed by atoms with Crippen LogP contribution in [0.1, 0.15) is 226 Å². The van der Waals surface area contributed by atoms with Gasteiger partial charge in [-0.15, -0.1) is 0 Å². The number of carbonyl (C=O) groups excluding carboxylic acids is 1. The zero-order valence-corrected chi connectivity index (χ0v) is 29.8. The molecule has 0 aliphatic carbocycles. The van der Waals surface area contributed by atoms with E-state index in [2.05, 4.69) is 31.3 Å². The van der Waals surface area contributed by atoms with Gasteiger partial charge in [0.1, 0.15) is 0 Å². The number of amides is 1. The molecule has 0 unspecified atom stereocenters. The minimum Gasteiger partial charge on any atom is -0.391 e. The second kappa shape index (κ2) is 35.6. The Kier molecular flexibility index (Phi) is 35.0. The van der Waals surface area contributed by atoms with E-state index < -0.39 is 6.10 Å². The Hall–Kier alpha value is -0.830. The number of rotatable bonds is 35. The van der Waals surface area contributed by atoms with Crippen LogP contribution in [0.5, 0.6) is 0 Å². The topological polar surface area (TPSA) is 49.3 Å². The van der Waals surface area contributed by atoms with Gasteiger partial charge in [0.05, 0.1) is 12.1 Å².